The zero-order valence-electron chi connectivity index (χ0n) is 15.1. The molecule has 0 fully saturated rings. The molecule has 1 aromatic heterocycles. The number of hydrogen-bond acceptors (Lipinski definition) is 4. The Kier molecular flexibility index (Phi) is 4.70. The second kappa shape index (κ2) is 7.47. The molecule has 4 N–H and O–H groups in total. The Morgan fingerprint density at radius 2 is 1.62 bits per heavy atom. The summed E-state index contributed by atoms with van der Waals surface area (Å²) in [5, 5.41) is 6.11. The number of nitrogen functional groups attached to an aromatic ring is 1. The van der Waals surface area contributed by atoms with Gasteiger partial charge in [0.25, 0.3) is 11.8 Å². The fourth-order valence-electron chi connectivity index (χ4n) is 2.82. The van der Waals surface area contributed by atoms with Gasteiger partial charge >= 0.3 is 0 Å². The molecule has 0 radical (unpaired) electrons. The molecule has 144 valence electrons. The van der Waals surface area contributed by atoms with E-state index in [1.807, 2.05) is 18.2 Å². The van der Waals surface area contributed by atoms with E-state index in [1.165, 1.54) is 12.1 Å². The number of nitrogens with one attached hydrogen (secondary N) is 2. The Bertz CT molecular complexity index is 1180. The number of anilines is 3. The zero-order chi connectivity index (χ0) is 20.4. The quantitative estimate of drug-likeness (QED) is 0.442. The summed E-state index contributed by atoms with van der Waals surface area (Å²) in [6, 6.07) is 19.0. The van der Waals surface area contributed by atoms with E-state index in [9.17, 15) is 14.0 Å². The fraction of sp³-hybridized carbons (Fsp3) is 0. The van der Waals surface area contributed by atoms with Crippen molar-refractivity contribution in [2.45, 2.75) is 0 Å². The lowest BCUT2D eigenvalue weighted by Crippen LogP contribution is -2.14. The number of halogens is 1. The number of benzene rings is 3. The van der Waals surface area contributed by atoms with Crippen LogP contribution in [0.1, 0.15) is 20.9 Å². The van der Waals surface area contributed by atoms with Gasteiger partial charge in [-0.15, -0.1) is 0 Å². The summed E-state index contributed by atoms with van der Waals surface area (Å²) in [6.07, 6.45) is 0. The zero-order valence-corrected chi connectivity index (χ0v) is 15.1. The third-order valence-electron chi connectivity index (χ3n) is 4.32. The van der Waals surface area contributed by atoms with Crippen molar-refractivity contribution in [1.29, 1.82) is 0 Å². The Labute approximate surface area is 165 Å². The predicted molar refractivity (Wildman–Crippen MR) is 109 cm³/mol. The van der Waals surface area contributed by atoms with Gasteiger partial charge in [-0.3, -0.25) is 9.59 Å². The van der Waals surface area contributed by atoms with E-state index in [-0.39, 0.29) is 17.1 Å². The predicted octanol–water partition coefficient (Wildman–Crippen LogP) is 4.66. The van der Waals surface area contributed by atoms with Gasteiger partial charge in [-0.1, -0.05) is 18.2 Å². The standard InChI is InChI=1S/C22H16FN3O3/c23-15-7-10-17(24)18(12-15)26-21(27)13-5-8-16(9-6-13)25-22(28)20-11-14-3-1-2-4-19(14)29-20/h1-12H,24H2,(H,25,28)(H,26,27). The molecule has 0 saturated carbocycles. The fourth-order valence-corrected chi connectivity index (χ4v) is 2.82. The molecule has 0 saturated heterocycles. The van der Waals surface area contributed by atoms with Crippen LogP contribution in [0.5, 0.6) is 0 Å². The maximum atomic E-state index is 13.3. The molecule has 1 heterocycles. The third-order valence-corrected chi connectivity index (χ3v) is 4.32. The van der Waals surface area contributed by atoms with Crippen LogP contribution >= 0.6 is 0 Å². The molecule has 29 heavy (non-hydrogen) atoms. The van der Waals surface area contributed by atoms with E-state index < -0.39 is 17.6 Å². The van der Waals surface area contributed by atoms with Crippen molar-refractivity contribution in [2.24, 2.45) is 0 Å². The van der Waals surface area contributed by atoms with Gasteiger partial charge in [-0.2, -0.15) is 0 Å². The Morgan fingerprint density at radius 3 is 2.38 bits per heavy atom. The van der Waals surface area contributed by atoms with E-state index in [0.717, 1.165) is 11.5 Å². The highest BCUT2D eigenvalue weighted by atomic mass is 19.1. The van der Waals surface area contributed by atoms with Crippen LogP contribution in [0.3, 0.4) is 0 Å². The van der Waals surface area contributed by atoms with Gasteiger partial charge in [-0.05, 0) is 54.6 Å². The van der Waals surface area contributed by atoms with Gasteiger partial charge in [-0.25, -0.2) is 4.39 Å². The number of nitrogens with two attached hydrogens (primary N) is 1. The first-order valence-corrected chi connectivity index (χ1v) is 8.76. The third kappa shape index (κ3) is 3.93. The summed E-state index contributed by atoms with van der Waals surface area (Å²) in [7, 11) is 0. The Balaban J connectivity index is 1.45. The largest absolute Gasteiger partial charge is 0.451 e. The molecular formula is C22H16FN3O3. The lowest BCUT2D eigenvalue weighted by atomic mass is 10.1. The Morgan fingerprint density at radius 1 is 0.862 bits per heavy atom. The van der Waals surface area contributed by atoms with Crippen molar-refractivity contribution < 1.29 is 18.4 Å². The van der Waals surface area contributed by atoms with Crippen LogP contribution in [0.25, 0.3) is 11.0 Å². The summed E-state index contributed by atoms with van der Waals surface area (Å²) in [4.78, 5) is 24.7. The molecule has 0 bridgehead atoms. The highest BCUT2D eigenvalue weighted by Crippen LogP contribution is 2.22. The van der Waals surface area contributed by atoms with E-state index >= 15 is 0 Å². The number of para-hydroxylation sites is 1. The van der Waals surface area contributed by atoms with Gasteiger partial charge in [0.2, 0.25) is 0 Å². The van der Waals surface area contributed by atoms with E-state index in [1.54, 1.807) is 36.4 Å². The maximum Gasteiger partial charge on any atom is 0.291 e. The van der Waals surface area contributed by atoms with E-state index in [0.29, 0.717) is 16.8 Å². The molecule has 6 nitrogen and oxygen atoms in total. The molecule has 7 heteroatoms. The average molecular weight is 389 g/mol. The lowest BCUT2D eigenvalue weighted by molar-refractivity contribution is 0.0997. The van der Waals surface area contributed by atoms with Crippen molar-refractivity contribution in [2.75, 3.05) is 16.4 Å². The first-order valence-electron chi connectivity index (χ1n) is 8.76. The van der Waals surface area contributed by atoms with Crippen LogP contribution in [0.2, 0.25) is 0 Å². The van der Waals surface area contributed by atoms with Crippen LogP contribution < -0.4 is 16.4 Å². The number of rotatable bonds is 4. The molecule has 0 spiro atoms. The highest BCUT2D eigenvalue weighted by Gasteiger charge is 2.13. The van der Waals surface area contributed by atoms with Gasteiger partial charge in [0.1, 0.15) is 11.4 Å². The highest BCUT2D eigenvalue weighted by molar-refractivity contribution is 6.07. The first kappa shape index (κ1) is 18.2. The van der Waals surface area contributed by atoms with Gasteiger partial charge in [0, 0.05) is 16.6 Å². The molecule has 4 aromatic rings. The van der Waals surface area contributed by atoms with E-state index in [2.05, 4.69) is 10.6 Å². The Hall–Kier alpha value is -4.13. The van der Waals surface area contributed by atoms with Crippen LogP contribution in [0.4, 0.5) is 21.5 Å². The minimum atomic E-state index is -0.502. The molecule has 0 aliphatic carbocycles. The summed E-state index contributed by atoms with van der Waals surface area (Å²) in [5.74, 6) is -1.16. The second-order valence-electron chi connectivity index (χ2n) is 6.37. The maximum absolute atomic E-state index is 13.3. The molecule has 3 aromatic carbocycles. The summed E-state index contributed by atoms with van der Waals surface area (Å²) in [5.41, 5.74) is 7.64. The average Bonchev–Trinajstić information content (AvgIpc) is 3.16. The molecule has 4 rings (SSSR count). The second-order valence-corrected chi connectivity index (χ2v) is 6.37. The number of carbonyl (C=O) groups is 2. The minimum absolute atomic E-state index is 0.189. The number of carbonyl (C=O) groups excluding carboxylic acids is 2. The molecule has 0 unspecified atom stereocenters. The molecule has 0 atom stereocenters. The SMILES string of the molecule is Nc1ccc(F)cc1NC(=O)c1ccc(NC(=O)c2cc3ccccc3o2)cc1. The minimum Gasteiger partial charge on any atom is -0.451 e. The number of fused-ring (bicyclic) bond motifs is 1. The van der Waals surface area contributed by atoms with Gasteiger partial charge in [0.15, 0.2) is 5.76 Å². The van der Waals surface area contributed by atoms with Crippen LogP contribution in [0.15, 0.2) is 77.2 Å². The number of hydrogen-bond donors (Lipinski definition) is 3. The summed E-state index contributed by atoms with van der Waals surface area (Å²) in [6.45, 7) is 0. The normalized spacial score (nSPS) is 10.7. The van der Waals surface area contributed by atoms with Crippen molar-refractivity contribution in [1.82, 2.24) is 0 Å². The van der Waals surface area contributed by atoms with Crippen LogP contribution in [-0.4, -0.2) is 11.8 Å². The first-order chi connectivity index (χ1) is 14.0. The van der Waals surface area contributed by atoms with Crippen molar-refractivity contribution in [3.05, 3.63) is 89.9 Å². The molecular weight excluding hydrogens is 373 g/mol. The lowest BCUT2D eigenvalue weighted by Gasteiger charge is -2.09. The van der Waals surface area contributed by atoms with E-state index in [4.69, 9.17) is 10.2 Å². The number of amides is 2. The monoisotopic (exact) mass is 389 g/mol. The molecule has 0 aliphatic heterocycles. The van der Waals surface area contributed by atoms with Crippen molar-refractivity contribution >= 4 is 39.8 Å². The summed E-state index contributed by atoms with van der Waals surface area (Å²) >= 11 is 0. The van der Waals surface area contributed by atoms with Crippen LogP contribution in [0, 0.1) is 5.82 Å². The van der Waals surface area contributed by atoms with Crippen LogP contribution in [-0.2, 0) is 0 Å². The van der Waals surface area contributed by atoms with Gasteiger partial charge < -0.3 is 20.8 Å². The summed E-state index contributed by atoms with van der Waals surface area (Å²) < 4.78 is 18.9. The number of furan rings is 1. The molecule has 0 aliphatic rings. The smallest absolute Gasteiger partial charge is 0.291 e. The van der Waals surface area contributed by atoms with Crippen molar-refractivity contribution in [3.63, 3.8) is 0 Å². The van der Waals surface area contributed by atoms with Gasteiger partial charge in [0.05, 0.1) is 11.4 Å². The van der Waals surface area contributed by atoms with Crippen molar-refractivity contribution in [3.8, 4) is 0 Å². The topological polar surface area (TPSA) is 97.4 Å². The molecule has 2 amide bonds.